The predicted octanol–water partition coefficient (Wildman–Crippen LogP) is 9.24. The van der Waals surface area contributed by atoms with Gasteiger partial charge in [0.05, 0.1) is 12.1 Å². The van der Waals surface area contributed by atoms with E-state index in [0.29, 0.717) is 17.1 Å². The maximum Gasteiger partial charge on any atom is 0.219 e. The number of pyridine rings is 1. The number of phenols is 1. The van der Waals surface area contributed by atoms with E-state index < -0.39 is 0 Å². The molecule has 2 heterocycles. The Labute approximate surface area is 266 Å². The Balaban J connectivity index is 1.40. The van der Waals surface area contributed by atoms with Crippen molar-refractivity contribution < 1.29 is 9.84 Å². The number of amidine groups is 1. The third-order valence-electron chi connectivity index (χ3n) is 10.4. The standard InChI is InChI=1S/C40H41N3O2/c1-23-21-24(2)26(4)35(25(23)3)43-37-36(39(5,6)30-16-9-10-17-31(30)40(37,7)8)42-38(43)28-14-11-15-29(22-28)45-33-20-19-27-13-12-18-32(44)34(27)41-33/h9-22,36-37,44H,1-8H3/t36-,37?/m1/s1. The van der Waals surface area contributed by atoms with Gasteiger partial charge in [0.25, 0.3) is 0 Å². The van der Waals surface area contributed by atoms with Gasteiger partial charge < -0.3 is 14.7 Å². The molecule has 0 spiro atoms. The maximum atomic E-state index is 10.4. The van der Waals surface area contributed by atoms with E-state index in [1.54, 1.807) is 6.07 Å². The Morgan fingerprint density at radius 3 is 2.11 bits per heavy atom. The third kappa shape index (κ3) is 4.43. The lowest BCUT2D eigenvalue weighted by molar-refractivity contribution is 0.256. The molecule has 5 nitrogen and oxygen atoms in total. The number of aromatic hydroxyl groups is 1. The molecule has 0 radical (unpaired) electrons. The van der Waals surface area contributed by atoms with Crippen LogP contribution < -0.4 is 9.64 Å². The second-order valence-corrected chi connectivity index (χ2v) is 13.9. The first kappa shape index (κ1) is 29.1. The van der Waals surface area contributed by atoms with Gasteiger partial charge in [-0.05, 0) is 85.3 Å². The van der Waals surface area contributed by atoms with Crippen LogP contribution in [0, 0.1) is 27.7 Å². The smallest absolute Gasteiger partial charge is 0.219 e. The van der Waals surface area contributed by atoms with Crippen LogP contribution in [0.15, 0.2) is 89.9 Å². The molecule has 0 saturated carbocycles. The molecule has 5 heteroatoms. The molecule has 0 saturated heterocycles. The highest BCUT2D eigenvalue weighted by Crippen LogP contribution is 2.53. The number of aromatic nitrogens is 1. The highest BCUT2D eigenvalue weighted by atomic mass is 16.5. The minimum absolute atomic E-state index is 0.0340. The summed E-state index contributed by atoms with van der Waals surface area (Å²) in [5.41, 5.74) is 10.3. The Morgan fingerprint density at radius 1 is 0.733 bits per heavy atom. The van der Waals surface area contributed by atoms with Gasteiger partial charge in [0.1, 0.15) is 22.9 Å². The molecule has 5 aromatic rings. The number of aliphatic imine (C=N–C) groups is 1. The fourth-order valence-electron chi connectivity index (χ4n) is 7.74. The Bertz CT molecular complexity index is 2000. The summed E-state index contributed by atoms with van der Waals surface area (Å²) < 4.78 is 6.32. The van der Waals surface area contributed by atoms with Gasteiger partial charge in [0.15, 0.2) is 0 Å². The number of anilines is 1. The first-order valence-electron chi connectivity index (χ1n) is 15.8. The molecule has 1 unspecified atom stereocenters. The van der Waals surface area contributed by atoms with Crippen molar-refractivity contribution in [3.05, 3.63) is 124 Å². The lowest BCUT2D eigenvalue weighted by atomic mass is 9.58. The van der Waals surface area contributed by atoms with Gasteiger partial charge in [-0.25, -0.2) is 4.98 Å². The molecular formula is C40H41N3O2. The summed E-state index contributed by atoms with van der Waals surface area (Å²) in [6.45, 7) is 18.4. The number of rotatable bonds is 4. The van der Waals surface area contributed by atoms with Gasteiger partial charge in [0, 0.05) is 33.5 Å². The number of phenolic OH excluding ortho intramolecular Hbond substituents is 1. The first-order chi connectivity index (χ1) is 21.4. The molecule has 0 fully saturated rings. The van der Waals surface area contributed by atoms with Crippen LogP contribution in [-0.2, 0) is 10.8 Å². The molecule has 1 N–H and O–H groups in total. The summed E-state index contributed by atoms with van der Waals surface area (Å²) in [5, 5.41) is 11.2. The van der Waals surface area contributed by atoms with E-state index >= 15 is 0 Å². The van der Waals surface area contributed by atoms with Crippen molar-refractivity contribution in [1.82, 2.24) is 4.98 Å². The van der Waals surface area contributed by atoms with E-state index in [0.717, 1.165) is 16.8 Å². The summed E-state index contributed by atoms with van der Waals surface area (Å²) in [6, 6.07) is 28.7. The normalized spacial score (nSPS) is 19.6. The molecule has 2 atom stereocenters. The molecule has 0 bridgehead atoms. The van der Waals surface area contributed by atoms with Crippen molar-refractivity contribution in [2.75, 3.05) is 4.90 Å². The summed E-state index contributed by atoms with van der Waals surface area (Å²) in [4.78, 5) is 12.8. The Kier molecular flexibility index (Phi) is 6.59. The van der Waals surface area contributed by atoms with Gasteiger partial charge in [-0.2, -0.15) is 0 Å². The van der Waals surface area contributed by atoms with Crippen LogP contribution in [0.1, 0.15) is 66.6 Å². The summed E-state index contributed by atoms with van der Waals surface area (Å²) in [5.74, 6) is 2.20. The Hall–Kier alpha value is -4.64. The monoisotopic (exact) mass is 595 g/mol. The number of hydrogen-bond donors (Lipinski definition) is 1. The number of para-hydroxylation sites is 1. The number of benzene rings is 4. The predicted molar refractivity (Wildman–Crippen MR) is 184 cm³/mol. The number of ether oxygens (including phenoxy) is 1. The lowest BCUT2D eigenvalue weighted by Gasteiger charge is -2.52. The van der Waals surface area contributed by atoms with Gasteiger partial charge in [-0.1, -0.05) is 82.3 Å². The quantitative estimate of drug-likeness (QED) is 0.225. The second-order valence-electron chi connectivity index (χ2n) is 13.9. The molecular weight excluding hydrogens is 554 g/mol. The van der Waals surface area contributed by atoms with E-state index in [9.17, 15) is 5.11 Å². The third-order valence-corrected chi connectivity index (χ3v) is 10.4. The molecule has 7 rings (SSSR count). The molecule has 228 valence electrons. The van der Waals surface area contributed by atoms with Crippen molar-refractivity contribution in [2.45, 2.75) is 78.3 Å². The van der Waals surface area contributed by atoms with E-state index in [2.05, 4.69) is 108 Å². The largest absolute Gasteiger partial charge is 0.506 e. The zero-order valence-electron chi connectivity index (χ0n) is 27.4. The number of fused-ring (bicyclic) bond motifs is 3. The van der Waals surface area contributed by atoms with Crippen molar-refractivity contribution in [2.24, 2.45) is 4.99 Å². The van der Waals surface area contributed by atoms with Crippen molar-refractivity contribution in [3.8, 4) is 17.4 Å². The van der Waals surface area contributed by atoms with Crippen LogP contribution in [0.2, 0.25) is 0 Å². The Morgan fingerprint density at radius 2 is 1.40 bits per heavy atom. The highest BCUT2D eigenvalue weighted by Gasteiger charge is 2.57. The van der Waals surface area contributed by atoms with Crippen LogP contribution in [0.5, 0.6) is 17.4 Å². The topological polar surface area (TPSA) is 58.0 Å². The van der Waals surface area contributed by atoms with Gasteiger partial charge in [-0.3, -0.25) is 4.99 Å². The fourth-order valence-corrected chi connectivity index (χ4v) is 7.74. The molecule has 0 amide bonds. The average Bonchev–Trinajstić information content (AvgIpc) is 3.43. The van der Waals surface area contributed by atoms with E-state index in [1.165, 1.54) is 39.1 Å². The van der Waals surface area contributed by atoms with Gasteiger partial charge >= 0.3 is 0 Å². The van der Waals surface area contributed by atoms with Gasteiger partial charge in [0.2, 0.25) is 5.88 Å². The average molecular weight is 596 g/mol. The lowest BCUT2D eigenvalue weighted by Crippen LogP contribution is -2.60. The minimum Gasteiger partial charge on any atom is -0.506 e. The maximum absolute atomic E-state index is 10.4. The molecule has 2 aliphatic rings. The van der Waals surface area contributed by atoms with E-state index in [1.807, 2.05) is 36.4 Å². The van der Waals surface area contributed by atoms with Crippen molar-refractivity contribution >= 4 is 22.4 Å². The van der Waals surface area contributed by atoms with Crippen LogP contribution in [0.25, 0.3) is 10.9 Å². The zero-order chi connectivity index (χ0) is 31.8. The van der Waals surface area contributed by atoms with Crippen LogP contribution in [0.4, 0.5) is 5.69 Å². The van der Waals surface area contributed by atoms with E-state index in [4.69, 9.17) is 9.73 Å². The first-order valence-corrected chi connectivity index (χ1v) is 15.8. The summed E-state index contributed by atoms with van der Waals surface area (Å²) >= 11 is 0. The SMILES string of the molecule is Cc1cc(C)c(C)c(N2C(c3cccc(Oc4ccc5cccc(O)c5n4)c3)=N[C@@H]3C2C(C)(C)c2ccccc2C3(C)C)c1C. The minimum atomic E-state index is -0.178. The second kappa shape index (κ2) is 10.2. The van der Waals surface area contributed by atoms with Crippen molar-refractivity contribution in [3.63, 3.8) is 0 Å². The molecule has 1 aliphatic carbocycles. The van der Waals surface area contributed by atoms with Gasteiger partial charge in [-0.15, -0.1) is 0 Å². The summed E-state index contributed by atoms with van der Waals surface area (Å²) in [7, 11) is 0. The van der Waals surface area contributed by atoms with Crippen LogP contribution in [0.3, 0.4) is 0 Å². The summed E-state index contributed by atoms with van der Waals surface area (Å²) in [6.07, 6.45) is 0. The number of hydrogen-bond acceptors (Lipinski definition) is 5. The molecule has 1 aromatic heterocycles. The van der Waals surface area contributed by atoms with E-state index in [-0.39, 0.29) is 28.7 Å². The molecule has 1 aliphatic heterocycles. The fraction of sp³-hybridized carbons (Fsp3) is 0.300. The zero-order valence-corrected chi connectivity index (χ0v) is 27.4. The number of nitrogens with zero attached hydrogens (tertiary/aromatic N) is 3. The van der Waals surface area contributed by atoms with Crippen LogP contribution >= 0.6 is 0 Å². The highest BCUT2D eigenvalue weighted by molar-refractivity contribution is 6.13. The molecule has 45 heavy (non-hydrogen) atoms. The number of aryl methyl sites for hydroxylation is 2. The van der Waals surface area contributed by atoms with Crippen LogP contribution in [-0.4, -0.2) is 28.0 Å². The van der Waals surface area contributed by atoms with Crippen molar-refractivity contribution in [1.29, 1.82) is 0 Å². The molecule has 4 aromatic carbocycles.